The fourth-order valence-corrected chi connectivity index (χ4v) is 1.20. The molecule has 0 fully saturated rings. The zero-order chi connectivity index (χ0) is 10.7. The predicted molar refractivity (Wildman–Crippen MR) is 57.0 cm³/mol. The summed E-state index contributed by atoms with van der Waals surface area (Å²) in [6, 6.07) is 3.72. The lowest BCUT2D eigenvalue weighted by Crippen LogP contribution is -1.93. The highest BCUT2D eigenvalue weighted by molar-refractivity contribution is 5.85. The van der Waals surface area contributed by atoms with E-state index in [1.165, 1.54) is 0 Å². The zero-order valence-electron chi connectivity index (χ0n) is 8.24. The number of benzene rings is 1. The van der Waals surface area contributed by atoms with E-state index in [-0.39, 0.29) is 0 Å². The number of carboxylic acids is 1. The van der Waals surface area contributed by atoms with E-state index in [9.17, 15) is 4.79 Å². The fourth-order valence-electron chi connectivity index (χ4n) is 1.20. The molecule has 0 aliphatic carbocycles. The van der Waals surface area contributed by atoms with Crippen LogP contribution in [0.15, 0.2) is 18.2 Å². The molecule has 0 radical (unpaired) electrons. The monoisotopic (exact) mass is 191 g/mol. The van der Waals surface area contributed by atoms with Gasteiger partial charge in [-0.2, -0.15) is 0 Å². The molecule has 3 nitrogen and oxygen atoms in total. The van der Waals surface area contributed by atoms with Crippen molar-refractivity contribution in [3.05, 3.63) is 34.9 Å². The van der Waals surface area contributed by atoms with Crippen molar-refractivity contribution in [1.82, 2.24) is 0 Å². The Morgan fingerprint density at radius 1 is 1.36 bits per heavy atom. The van der Waals surface area contributed by atoms with Crippen LogP contribution < -0.4 is 5.73 Å². The molecule has 0 amide bonds. The summed E-state index contributed by atoms with van der Waals surface area (Å²) in [6.45, 7) is 3.80. The minimum absolute atomic E-state index is 0.731. The fraction of sp³-hybridized carbons (Fsp3) is 0.182. The Hall–Kier alpha value is -1.77. The Bertz CT molecular complexity index is 395. The first-order valence-corrected chi connectivity index (χ1v) is 4.28. The van der Waals surface area contributed by atoms with Crippen LogP contribution in [0.5, 0.6) is 0 Å². The van der Waals surface area contributed by atoms with Crippen LogP contribution in [0.4, 0.5) is 5.69 Å². The number of hydrogen-bond acceptors (Lipinski definition) is 2. The van der Waals surface area contributed by atoms with Gasteiger partial charge in [0.1, 0.15) is 0 Å². The summed E-state index contributed by atoms with van der Waals surface area (Å²) in [6.07, 6.45) is 2.70. The Labute approximate surface area is 82.9 Å². The molecule has 3 heteroatoms. The van der Waals surface area contributed by atoms with Crippen molar-refractivity contribution >= 4 is 17.7 Å². The van der Waals surface area contributed by atoms with Crippen molar-refractivity contribution in [2.24, 2.45) is 0 Å². The number of hydrogen-bond donors (Lipinski definition) is 2. The molecule has 74 valence electrons. The van der Waals surface area contributed by atoms with Crippen LogP contribution in [-0.2, 0) is 4.79 Å². The van der Waals surface area contributed by atoms with Gasteiger partial charge in [0.05, 0.1) is 0 Å². The smallest absolute Gasteiger partial charge is 0.328 e. The van der Waals surface area contributed by atoms with Crippen molar-refractivity contribution in [2.75, 3.05) is 5.73 Å². The standard InChI is InChI=1S/C11H13NO2/c1-7-6-10(12)8(2)5-9(7)3-4-11(13)14/h3-6H,12H2,1-2H3,(H,13,14). The van der Waals surface area contributed by atoms with Crippen molar-refractivity contribution in [3.8, 4) is 0 Å². The van der Waals surface area contributed by atoms with E-state index in [0.717, 1.165) is 28.5 Å². The Balaban J connectivity index is 3.10. The summed E-state index contributed by atoms with van der Waals surface area (Å²) >= 11 is 0. The highest BCUT2D eigenvalue weighted by Gasteiger charge is 1.99. The Kier molecular flexibility index (Phi) is 2.92. The second-order valence-electron chi connectivity index (χ2n) is 3.24. The minimum atomic E-state index is -0.945. The summed E-state index contributed by atoms with van der Waals surface area (Å²) in [5, 5.41) is 8.48. The first-order valence-electron chi connectivity index (χ1n) is 4.28. The number of rotatable bonds is 2. The van der Waals surface area contributed by atoms with Gasteiger partial charge in [0.25, 0.3) is 0 Å². The molecule has 0 atom stereocenters. The third-order valence-corrected chi connectivity index (χ3v) is 2.06. The summed E-state index contributed by atoms with van der Waals surface area (Å²) in [5.41, 5.74) is 9.26. The number of nitrogens with two attached hydrogens (primary N) is 1. The van der Waals surface area contributed by atoms with Crippen molar-refractivity contribution in [2.45, 2.75) is 13.8 Å². The predicted octanol–water partition coefficient (Wildman–Crippen LogP) is 1.98. The molecule has 0 aliphatic rings. The zero-order valence-corrected chi connectivity index (χ0v) is 8.24. The maximum atomic E-state index is 10.3. The topological polar surface area (TPSA) is 63.3 Å². The molecule has 0 heterocycles. The SMILES string of the molecule is Cc1cc(C=CC(=O)O)c(C)cc1N. The Morgan fingerprint density at radius 2 is 2.00 bits per heavy atom. The first-order chi connectivity index (χ1) is 6.50. The lowest BCUT2D eigenvalue weighted by molar-refractivity contribution is -0.131. The number of carboxylic acid groups (broad SMARTS) is 1. The molecule has 0 saturated heterocycles. The summed E-state index contributed by atoms with van der Waals surface area (Å²) < 4.78 is 0. The van der Waals surface area contributed by atoms with Crippen molar-refractivity contribution in [1.29, 1.82) is 0 Å². The lowest BCUT2D eigenvalue weighted by Gasteiger charge is -2.05. The van der Waals surface area contributed by atoms with Crippen molar-refractivity contribution in [3.63, 3.8) is 0 Å². The van der Waals surface area contributed by atoms with Gasteiger partial charge in [-0.3, -0.25) is 0 Å². The average Bonchev–Trinajstić information content (AvgIpc) is 2.09. The van der Waals surface area contributed by atoms with Crippen LogP contribution in [-0.4, -0.2) is 11.1 Å². The third kappa shape index (κ3) is 2.36. The van der Waals surface area contributed by atoms with Crippen LogP contribution in [0, 0.1) is 13.8 Å². The van der Waals surface area contributed by atoms with E-state index in [1.807, 2.05) is 26.0 Å². The van der Waals surface area contributed by atoms with E-state index >= 15 is 0 Å². The van der Waals surface area contributed by atoms with E-state index < -0.39 is 5.97 Å². The molecule has 1 aromatic carbocycles. The number of nitrogen functional groups attached to an aromatic ring is 1. The summed E-state index contributed by atoms with van der Waals surface area (Å²) in [5.74, 6) is -0.945. The first kappa shape index (κ1) is 10.3. The van der Waals surface area contributed by atoms with Gasteiger partial charge in [-0.05, 0) is 48.7 Å². The molecule has 0 aliphatic heterocycles. The van der Waals surface area contributed by atoms with Gasteiger partial charge in [0, 0.05) is 11.8 Å². The van der Waals surface area contributed by atoms with Crippen LogP contribution in [0.1, 0.15) is 16.7 Å². The molecule has 14 heavy (non-hydrogen) atoms. The molecule has 0 aromatic heterocycles. The number of aryl methyl sites for hydroxylation is 2. The normalized spacial score (nSPS) is 10.7. The second-order valence-corrected chi connectivity index (χ2v) is 3.24. The Morgan fingerprint density at radius 3 is 2.57 bits per heavy atom. The molecule has 3 N–H and O–H groups in total. The summed E-state index contributed by atoms with van der Waals surface area (Å²) in [4.78, 5) is 10.3. The molecular weight excluding hydrogens is 178 g/mol. The van der Waals surface area contributed by atoms with E-state index in [0.29, 0.717) is 0 Å². The quantitative estimate of drug-likeness (QED) is 0.555. The van der Waals surface area contributed by atoms with E-state index in [2.05, 4.69) is 0 Å². The largest absolute Gasteiger partial charge is 0.478 e. The maximum absolute atomic E-state index is 10.3. The van der Waals surface area contributed by atoms with Gasteiger partial charge in [-0.1, -0.05) is 0 Å². The van der Waals surface area contributed by atoms with E-state index in [4.69, 9.17) is 10.8 Å². The molecule has 1 rings (SSSR count). The third-order valence-electron chi connectivity index (χ3n) is 2.06. The molecule has 0 bridgehead atoms. The summed E-state index contributed by atoms with van der Waals surface area (Å²) in [7, 11) is 0. The van der Waals surface area contributed by atoms with E-state index in [1.54, 1.807) is 6.08 Å². The molecule has 0 spiro atoms. The number of carbonyl (C=O) groups is 1. The molecule has 0 saturated carbocycles. The number of aliphatic carboxylic acids is 1. The van der Waals surface area contributed by atoms with Gasteiger partial charge in [0.15, 0.2) is 0 Å². The lowest BCUT2D eigenvalue weighted by atomic mass is 10.0. The minimum Gasteiger partial charge on any atom is -0.478 e. The molecule has 1 aromatic rings. The van der Waals surface area contributed by atoms with Gasteiger partial charge < -0.3 is 10.8 Å². The van der Waals surface area contributed by atoms with Crippen LogP contribution >= 0.6 is 0 Å². The maximum Gasteiger partial charge on any atom is 0.328 e. The highest BCUT2D eigenvalue weighted by Crippen LogP contribution is 2.18. The van der Waals surface area contributed by atoms with Crippen LogP contribution in [0.25, 0.3) is 6.08 Å². The molecule has 0 unspecified atom stereocenters. The average molecular weight is 191 g/mol. The van der Waals surface area contributed by atoms with Gasteiger partial charge >= 0.3 is 5.97 Å². The van der Waals surface area contributed by atoms with Crippen LogP contribution in [0.3, 0.4) is 0 Å². The number of anilines is 1. The highest BCUT2D eigenvalue weighted by atomic mass is 16.4. The van der Waals surface area contributed by atoms with Gasteiger partial charge in [-0.15, -0.1) is 0 Å². The van der Waals surface area contributed by atoms with Crippen molar-refractivity contribution < 1.29 is 9.90 Å². The molecular formula is C11H13NO2. The van der Waals surface area contributed by atoms with Crippen LogP contribution in [0.2, 0.25) is 0 Å². The van der Waals surface area contributed by atoms with Gasteiger partial charge in [0.2, 0.25) is 0 Å². The van der Waals surface area contributed by atoms with Gasteiger partial charge in [-0.25, -0.2) is 4.79 Å². The second kappa shape index (κ2) is 3.96.